The molecule has 0 saturated carbocycles. The molecule has 0 amide bonds. The molecule has 2 aromatic rings. The summed E-state index contributed by atoms with van der Waals surface area (Å²) in [5.41, 5.74) is 0.272. The molecule has 98 valence electrons. The van der Waals surface area contributed by atoms with Crippen LogP contribution in [0.15, 0.2) is 46.9 Å². The Kier molecular flexibility index (Phi) is 4.56. The third-order valence-corrected chi connectivity index (χ3v) is 3.19. The number of Topliss-reactive ketones (excluding diaryl/α,β-unsaturated/α-hetero) is 1. The van der Waals surface area contributed by atoms with Gasteiger partial charge in [0.2, 0.25) is 0 Å². The number of rotatable bonds is 4. The summed E-state index contributed by atoms with van der Waals surface area (Å²) in [5, 5.41) is 0.404. The van der Waals surface area contributed by atoms with Crippen molar-refractivity contribution in [1.82, 2.24) is 0 Å². The summed E-state index contributed by atoms with van der Waals surface area (Å²) in [7, 11) is 0. The topological polar surface area (TPSA) is 26.3 Å². The van der Waals surface area contributed by atoms with Gasteiger partial charge in [0, 0.05) is 10.0 Å². The van der Waals surface area contributed by atoms with Gasteiger partial charge in [0.25, 0.3) is 0 Å². The van der Waals surface area contributed by atoms with Gasteiger partial charge in [-0.3, -0.25) is 4.79 Å². The Morgan fingerprint density at radius 1 is 1.26 bits per heavy atom. The fourth-order valence-electron chi connectivity index (χ4n) is 1.48. The molecule has 0 aliphatic heterocycles. The van der Waals surface area contributed by atoms with Crippen LogP contribution in [0.2, 0.25) is 5.02 Å². The second-order valence-electron chi connectivity index (χ2n) is 3.80. The summed E-state index contributed by atoms with van der Waals surface area (Å²) in [6.45, 7) is -0.190. The lowest BCUT2D eigenvalue weighted by atomic mass is 10.1. The first kappa shape index (κ1) is 14.0. The summed E-state index contributed by atoms with van der Waals surface area (Å²) in [6.07, 6.45) is 0. The third-order valence-electron chi connectivity index (χ3n) is 2.40. The lowest BCUT2D eigenvalue weighted by Gasteiger charge is -2.07. The van der Waals surface area contributed by atoms with Gasteiger partial charge in [-0.1, -0.05) is 39.7 Å². The Bertz CT molecular complexity index is 616. The van der Waals surface area contributed by atoms with Crippen molar-refractivity contribution in [2.75, 3.05) is 6.61 Å². The van der Waals surface area contributed by atoms with Gasteiger partial charge in [0.05, 0.1) is 5.02 Å². The van der Waals surface area contributed by atoms with Gasteiger partial charge in [-0.25, -0.2) is 4.39 Å². The Morgan fingerprint density at radius 3 is 2.74 bits per heavy atom. The second-order valence-corrected chi connectivity index (χ2v) is 5.12. The van der Waals surface area contributed by atoms with Crippen molar-refractivity contribution in [2.45, 2.75) is 0 Å². The first-order valence-corrected chi connectivity index (χ1v) is 6.60. The fraction of sp³-hybridized carbons (Fsp3) is 0.0714. The maximum atomic E-state index is 13.0. The highest BCUT2D eigenvalue weighted by Gasteiger charge is 2.09. The summed E-state index contributed by atoms with van der Waals surface area (Å²) in [6, 6.07) is 10.6. The van der Waals surface area contributed by atoms with Gasteiger partial charge >= 0.3 is 0 Å². The summed E-state index contributed by atoms with van der Waals surface area (Å²) in [5.74, 6) is -0.347. The molecule has 0 atom stereocenters. The van der Waals surface area contributed by atoms with Crippen molar-refractivity contribution in [3.8, 4) is 5.75 Å². The largest absolute Gasteiger partial charge is 0.484 e. The molecule has 0 saturated heterocycles. The van der Waals surface area contributed by atoms with Crippen molar-refractivity contribution < 1.29 is 13.9 Å². The summed E-state index contributed by atoms with van der Waals surface area (Å²) >= 11 is 9.23. The quantitative estimate of drug-likeness (QED) is 0.764. The zero-order valence-corrected chi connectivity index (χ0v) is 12.0. The maximum absolute atomic E-state index is 13.0. The van der Waals surface area contributed by atoms with Crippen LogP contribution in [-0.4, -0.2) is 12.4 Å². The van der Waals surface area contributed by atoms with Crippen LogP contribution in [0, 0.1) is 5.82 Å². The standard InChI is InChI=1S/C14H9BrClFO2/c15-10-4-5-14(12(16)7-10)19-8-13(18)9-2-1-3-11(17)6-9/h1-7H,8H2. The van der Waals surface area contributed by atoms with Crippen LogP contribution in [0.3, 0.4) is 0 Å². The fourth-order valence-corrected chi connectivity index (χ4v) is 2.21. The van der Waals surface area contributed by atoms with Crippen LogP contribution in [-0.2, 0) is 0 Å². The van der Waals surface area contributed by atoms with Gasteiger partial charge < -0.3 is 4.74 Å². The molecular weight excluding hydrogens is 335 g/mol. The van der Waals surface area contributed by atoms with E-state index in [0.717, 1.165) is 4.47 Å². The number of ether oxygens (including phenoxy) is 1. The average Bonchev–Trinajstić information content (AvgIpc) is 2.37. The van der Waals surface area contributed by atoms with Crippen LogP contribution in [0.5, 0.6) is 5.75 Å². The minimum Gasteiger partial charge on any atom is -0.484 e. The van der Waals surface area contributed by atoms with Gasteiger partial charge in [-0.2, -0.15) is 0 Å². The third kappa shape index (κ3) is 3.78. The van der Waals surface area contributed by atoms with E-state index < -0.39 is 5.82 Å². The first-order chi connectivity index (χ1) is 9.06. The maximum Gasteiger partial charge on any atom is 0.200 e. The van der Waals surface area contributed by atoms with Gasteiger partial charge in [-0.05, 0) is 30.3 Å². The summed E-state index contributed by atoms with van der Waals surface area (Å²) < 4.78 is 19.1. The van der Waals surface area contributed by atoms with Crippen LogP contribution in [0.25, 0.3) is 0 Å². The van der Waals surface area contributed by atoms with E-state index >= 15 is 0 Å². The highest BCUT2D eigenvalue weighted by molar-refractivity contribution is 9.10. The monoisotopic (exact) mass is 342 g/mol. The average molecular weight is 344 g/mol. The highest BCUT2D eigenvalue weighted by Crippen LogP contribution is 2.27. The van der Waals surface area contributed by atoms with Crippen LogP contribution in [0.1, 0.15) is 10.4 Å². The zero-order valence-electron chi connectivity index (χ0n) is 9.70. The zero-order chi connectivity index (χ0) is 13.8. The molecule has 19 heavy (non-hydrogen) atoms. The second kappa shape index (κ2) is 6.17. The number of hydrogen-bond acceptors (Lipinski definition) is 2. The normalized spacial score (nSPS) is 10.3. The molecule has 0 radical (unpaired) electrons. The van der Waals surface area contributed by atoms with Gasteiger partial charge in [0.15, 0.2) is 12.4 Å². The molecule has 5 heteroatoms. The molecule has 0 aliphatic rings. The van der Waals surface area contributed by atoms with Crippen molar-refractivity contribution >= 4 is 33.3 Å². The number of ketones is 1. The van der Waals surface area contributed by atoms with E-state index in [9.17, 15) is 9.18 Å². The first-order valence-electron chi connectivity index (χ1n) is 5.43. The van der Waals surface area contributed by atoms with E-state index in [0.29, 0.717) is 10.8 Å². The van der Waals surface area contributed by atoms with Crippen molar-refractivity contribution in [2.24, 2.45) is 0 Å². The number of carbonyl (C=O) groups is 1. The molecule has 2 rings (SSSR count). The van der Waals surface area contributed by atoms with Gasteiger partial charge in [0.1, 0.15) is 11.6 Å². The van der Waals surface area contributed by atoms with Crippen molar-refractivity contribution in [3.05, 3.63) is 63.3 Å². The molecule has 0 heterocycles. The molecule has 0 spiro atoms. The Morgan fingerprint density at radius 2 is 2.05 bits per heavy atom. The predicted molar refractivity (Wildman–Crippen MR) is 75.4 cm³/mol. The summed E-state index contributed by atoms with van der Waals surface area (Å²) in [4.78, 5) is 11.8. The van der Waals surface area contributed by atoms with Crippen molar-refractivity contribution in [1.29, 1.82) is 0 Å². The lowest BCUT2D eigenvalue weighted by Crippen LogP contribution is -2.11. The lowest BCUT2D eigenvalue weighted by molar-refractivity contribution is 0.0921. The number of hydrogen-bond donors (Lipinski definition) is 0. The van der Waals surface area contributed by atoms with E-state index in [1.165, 1.54) is 24.3 Å². The Balaban J connectivity index is 2.04. The van der Waals surface area contributed by atoms with E-state index in [4.69, 9.17) is 16.3 Å². The van der Waals surface area contributed by atoms with Gasteiger partial charge in [-0.15, -0.1) is 0 Å². The van der Waals surface area contributed by atoms with E-state index in [1.807, 2.05) is 0 Å². The molecule has 0 unspecified atom stereocenters. The molecule has 0 aliphatic carbocycles. The Hall–Kier alpha value is -1.39. The molecule has 2 nitrogen and oxygen atoms in total. The minimum absolute atomic E-state index is 0.190. The molecular formula is C14H9BrClFO2. The predicted octanol–water partition coefficient (Wildman–Crippen LogP) is 4.50. The van der Waals surface area contributed by atoms with Crippen LogP contribution >= 0.6 is 27.5 Å². The number of benzene rings is 2. The van der Waals surface area contributed by atoms with Crippen LogP contribution < -0.4 is 4.74 Å². The van der Waals surface area contributed by atoms with E-state index in [1.54, 1.807) is 18.2 Å². The van der Waals surface area contributed by atoms with Crippen LogP contribution in [0.4, 0.5) is 4.39 Å². The minimum atomic E-state index is -0.451. The molecule has 2 aromatic carbocycles. The van der Waals surface area contributed by atoms with E-state index in [-0.39, 0.29) is 18.0 Å². The molecule has 0 bridgehead atoms. The van der Waals surface area contributed by atoms with Crippen molar-refractivity contribution in [3.63, 3.8) is 0 Å². The van der Waals surface area contributed by atoms with E-state index in [2.05, 4.69) is 15.9 Å². The SMILES string of the molecule is O=C(COc1ccc(Br)cc1Cl)c1cccc(F)c1. The Labute approximate surface area is 123 Å². The number of carbonyl (C=O) groups excluding carboxylic acids is 1. The molecule has 0 aromatic heterocycles. The molecule has 0 N–H and O–H groups in total. The molecule has 0 fully saturated rings. The highest BCUT2D eigenvalue weighted by atomic mass is 79.9. The smallest absolute Gasteiger partial charge is 0.200 e. The number of halogens is 3.